The summed E-state index contributed by atoms with van der Waals surface area (Å²) in [6, 6.07) is 20.9. The molecule has 4 rings (SSSR count). The van der Waals surface area contributed by atoms with E-state index in [1.807, 2.05) is 53.9 Å². The van der Waals surface area contributed by atoms with Crippen molar-refractivity contribution in [2.45, 2.75) is 16.2 Å². The molecule has 2 aliphatic rings. The zero-order chi connectivity index (χ0) is 14.3. The monoisotopic (exact) mass is 315 g/mol. The lowest BCUT2D eigenvalue weighted by molar-refractivity contribution is 0.135. The van der Waals surface area contributed by atoms with Crippen molar-refractivity contribution >= 4 is 23.5 Å². The first kappa shape index (κ1) is 13.7. The van der Waals surface area contributed by atoms with Crippen molar-refractivity contribution in [3.05, 3.63) is 71.8 Å². The minimum atomic E-state index is -0.452. The minimum absolute atomic E-state index is 0.192. The van der Waals surface area contributed by atoms with Gasteiger partial charge in [0.1, 0.15) is 10.2 Å². The number of hydrogen-bond acceptors (Lipinski definition) is 4. The molecule has 0 amide bonds. The van der Waals surface area contributed by atoms with Gasteiger partial charge in [0.05, 0.1) is 6.04 Å². The van der Waals surface area contributed by atoms with E-state index >= 15 is 0 Å². The molecule has 2 fully saturated rings. The molecule has 4 heteroatoms. The van der Waals surface area contributed by atoms with Gasteiger partial charge in [0, 0.05) is 11.8 Å². The lowest BCUT2D eigenvalue weighted by Gasteiger charge is -2.34. The van der Waals surface area contributed by atoms with Crippen LogP contribution in [0.4, 0.5) is 0 Å². The van der Waals surface area contributed by atoms with Gasteiger partial charge < -0.3 is 5.11 Å². The van der Waals surface area contributed by atoms with Gasteiger partial charge in [0.2, 0.25) is 0 Å². The van der Waals surface area contributed by atoms with E-state index in [-0.39, 0.29) is 10.1 Å². The largest absolute Gasteiger partial charge is 0.386 e. The molecule has 2 bridgehead atoms. The Morgan fingerprint density at radius 3 is 2.14 bits per heavy atom. The van der Waals surface area contributed by atoms with E-state index in [1.54, 1.807) is 0 Å². The molecule has 2 heterocycles. The normalized spacial score (nSPS) is 32.2. The van der Waals surface area contributed by atoms with Gasteiger partial charge in [-0.3, -0.25) is 4.90 Å². The van der Waals surface area contributed by atoms with Crippen LogP contribution in [0.15, 0.2) is 60.7 Å². The smallest absolute Gasteiger partial charge is 0.113 e. The average Bonchev–Trinajstić information content (AvgIpc) is 3.12. The lowest BCUT2D eigenvalue weighted by atomic mass is 9.95. The highest BCUT2D eigenvalue weighted by Gasteiger charge is 2.58. The lowest BCUT2D eigenvalue weighted by Crippen LogP contribution is -2.32. The van der Waals surface area contributed by atoms with Crippen LogP contribution in [0.3, 0.4) is 0 Å². The number of aliphatic hydroxyl groups excluding tert-OH is 1. The molecule has 0 unspecified atom stereocenters. The van der Waals surface area contributed by atoms with Crippen LogP contribution in [-0.2, 0) is 0 Å². The summed E-state index contributed by atoms with van der Waals surface area (Å²) in [5.41, 5.74) is 2.32. The molecule has 0 aliphatic carbocycles. The van der Waals surface area contributed by atoms with Crippen molar-refractivity contribution in [2.75, 3.05) is 11.8 Å². The van der Waals surface area contributed by atoms with Crippen molar-refractivity contribution < 1.29 is 5.11 Å². The summed E-state index contributed by atoms with van der Waals surface area (Å²) in [5, 5.41) is 11.1. The highest BCUT2D eigenvalue weighted by Crippen LogP contribution is 2.65. The Hall–Kier alpha value is -0.940. The molecule has 108 valence electrons. The first-order valence-corrected chi connectivity index (χ1v) is 9.08. The number of thioether (sulfide) groups is 2. The van der Waals surface area contributed by atoms with E-state index in [0.29, 0.717) is 0 Å². The zero-order valence-electron chi connectivity index (χ0n) is 11.6. The van der Waals surface area contributed by atoms with E-state index in [4.69, 9.17) is 0 Å². The van der Waals surface area contributed by atoms with Crippen LogP contribution in [0.25, 0.3) is 0 Å². The molecule has 0 radical (unpaired) electrons. The van der Waals surface area contributed by atoms with Crippen LogP contribution in [0.2, 0.25) is 0 Å². The Morgan fingerprint density at radius 1 is 0.952 bits per heavy atom. The van der Waals surface area contributed by atoms with E-state index in [9.17, 15) is 5.11 Å². The fourth-order valence-corrected chi connectivity index (χ4v) is 6.72. The molecular formula is C17H17NOS2. The van der Waals surface area contributed by atoms with Gasteiger partial charge in [-0.2, -0.15) is 0 Å². The molecule has 2 aromatic rings. The molecule has 0 aromatic heterocycles. The number of hydrogen-bond donors (Lipinski definition) is 1. The number of rotatable bonds is 3. The molecule has 2 nitrogen and oxygen atoms in total. The van der Waals surface area contributed by atoms with Gasteiger partial charge in [-0.05, 0) is 11.1 Å². The zero-order valence-corrected chi connectivity index (χ0v) is 13.2. The van der Waals surface area contributed by atoms with Gasteiger partial charge in [-0.1, -0.05) is 60.7 Å². The molecule has 1 N–H and O–H groups in total. The molecule has 2 aliphatic heterocycles. The van der Waals surface area contributed by atoms with Gasteiger partial charge in [0.15, 0.2) is 0 Å². The van der Waals surface area contributed by atoms with Gasteiger partial charge in [-0.15, -0.1) is 23.5 Å². The molecular weight excluding hydrogens is 298 g/mol. The predicted molar refractivity (Wildman–Crippen MR) is 90.1 cm³/mol. The molecule has 2 saturated heterocycles. The first-order valence-electron chi connectivity index (χ1n) is 7.11. The topological polar surface area (TPSA) is 23.5 Å². The summed E-state index contributed by atoms with van der Waals surface area (Å²) < 4.78 is -0.192. The third-order valence-electron chi connectivity index (χ3n) is 4.27. The van der Waals surface area contributed by atoms with E-state index in [2.05, 4.69) is 35.2 Å². The SMILES string of the molecule is O[C@H](c1ccccc1)C12SCN(CS1)[C@@H]2c1ccccc1. The summed E-state index contributed by atoms with van der Waals surface area (Å²) in [6.07, 6.45) is -0.452. The van der Waals surface area contributed by atoms with Crippen molar-refractivity contribution in [2.24, 2.45) is 0 Å². The quantitative estimate of drug-likeness (QED) is 0.929. The Kier molecular flexibility index (Phi) is 3.50. The number of benzene rings is 2. The maximum atomic E-state index is 11.1. The summed E-state index contributed by atoms with van der Waals surface area (Å²) in [6.45, 7) is 0. The maximum Gasteiger partial charge on any atom is 0.113 e. The van der Waals surface area contributed by atoms with E-state index in [0.717, 1.165) is 17.3 Å². The van der Waals surface area contributed by atoms with E-state index < -0.39 is 6.10 Å². The molecule has 0 spiro atoms. The minimum Gasteiger partial charge on any atom is -0.386 e. The Morgan fingerprint density at radius 2 is 1.52 bits per heavy atom. The van der Waals surface area contributed by atoms with Crippen LogP contribution in [0, 0.1) is 0 Å². The third-order valence-corrected chi connectivity index (χ3v) is 7.69. The van der Waals surface area contributed by atoms with Crippen molar-refractivity contribution in [1.82, 2.24) is 4.90 Å². The number of aliphatic hydroxyl groups is 1. The van der Waals surface area contributed by atoms with Crippen molar-refractivity contribution in [3.8, 4) is 0 Å². The second-order valence-electron chi connectivity index (χ2n) is 5.48. The first-order chi connectivity index (χ1) is 10.3. The maximum absolute atomic E-state index is 11.1. The molecule has 2 aromatic carbocycles. The predicted octanol–water partition coefficient (Wildman–Crippen LogP) is 3.87. The molecule has 0 saturated carbocycles. The van der Waals surface area contributed by atoms with Crippen LogP contribution in [-0.4, -0.2) is 25.8 Å². The van der Waals surface area contributed by atoms with Gasteiger partial charge in [-0.25, -0.2) is 0 Å². The van der Waals surface area contributed by atoms with Crippen LogP contribution in [0.5, 0.6) is 0 Å². The fourth-order valence-electron chi connectivity index (χ4n) is 3.26. The van der Waals surface area contributed by atoms with E-state index in [1.165, 1.54) is 5.56 Å². The highest BCUT2D eigenvalue weighted by molar-refractivity contribution is 8.19. The summed E-state index contributed by atoms with van der Waals surface area (Å²) in [4.78, 5) is 2.47. The second-order valence-corrected chi connectivity index (χ2v) is 8.19. The van der Waals surface area contributed by atoms with Crippen LogP contribution < -0.4 is 0 Å². The third kappa shape index (κ3) is 2.13. The van der Waals surface area contributed by atoms with Crippen LogP contribution in [0.1, 0.15) is 23.3 Å². The number of fused-ring (bicyclic) bond motifs is 2. The Labute approximate surface area is 133 Å². The number of nitrogens with zero attached hydrogens (tertiary/aromatic N) is 1. The summed E-state index contributed by atoms with van der Waals surface area (Å²) in [7, 11) is 0. The highest BCUT2D eigenvalue weighted by atomic mass is 32.2. The molecule has 21 heavy (non-hydrogen) atoms. The van der Waals surface area contributed by atoms with Crippen molar-refractivity contribution in [3.63, 3.8) is 0 Å². The fraction of sp³-hybridized carbons (Fsp3) is 0.294. The van der Waals surface area contributed by atoms with Crippen LogP contribution >= 0.6 is 23.5 Å². The second kappa shape index (κ2) is 5.36. The molecule has 2 atom stereocenters. The average molecular weight is 315 g/mol. The van der Waals surface area contributed by atoms with Gasteiger partial charge in [0.25, 0.3) is 0 Å². The Bertz CT molecular complexity index is 611. The summed E-state index contributed by atoms with van der Waals surface area (Å²) in [5.74, 6) is 1.99. The Balaban J connectivity index is 1.75. The van der Waals surface area contributed by atoms with Crippen molar-refractivity contribution in [1.29, 1.82) is 0 Å². The standard InChI is InChI=1S/C17H17NOS2/c19-16(14-9-5-2-6-10-14)17-15(13-7-3-1-4-8-13)18(11-20-17)12-21-17/h1-10,15-16,19H,11-12H2/t15-,16-/m1/s1. The van der Waals surface area contributed by atoms with Gasteiger partial charge >= 0.3 is 0 Å². The summed E-state index contributed by atoms with van der Waals surface area (Å²) >= 11 is 3.77.